The lowest BCUT2D eigenvalue weighted by Gasteiger charge is -2.12. The maximum Gasteiger partial charge on any atom is 0.268 e. The highest BCUT2D eigenvalue weighted by Gasteiger charge is 2.23. The molecule has 1 aromatic heterocycles. The summed E-state index contributed by atoms with van der Waals surface area (Å²) < 4.78 is 0. The first kappa shape index (κ1) is 20.1. The van der Waals surface area contributed by atoms with Gasteiger partial charge in [0, 0.05) is 19.0 Å². The fourth-order valence-corrected chi connectivity index (χ4v) is 2.71. The zero-order valence-electron chi connectivity index (χ0n) is 12.2. The summed E-state index contributed by atoms with van der Waals surface area (Å²) in [6.07, 6.45) is 2.13. The van der Waals surface area contributed by atoms with Crippen LogP contribution < -0.4 is 22.5 Å². The summed E-state index contributed by atoms with van der Waals surface area (Å²) in [6.45, 7) is 0.521. The van der Waals surface area contributed by atoms with Crippen LogP contribution in [0.3, 0.4) is 0 Å². The second-order valence-electron chi connectivity index (χ2n) is 4.40. The number of amides is 2. The quantitative estimate of drug-likeness (QED) is 0.295. The van der Waals surface area contributed by atoms with Crippen molar-refractivity contribution in [1.82, 2.24) is 10.3 Å². The van der Waals surface area contributed by atoms with Crippen molar-refractivity contribution in [3.8, 4) is 0 Å². The molecule has 0 saturated heterocycles. The van der Waals surface area contributed by atoms with E-state index in [1.165, 1.54) is 11.3 Å². The Kier molecular flexibility index (Phi) is 9.11. The Bertz CT molecular complexity index is 529. The van der Waals surface area contributed by atoms with Crippen molar-refractivity contribution < 1.29 is 9.59 Å². The van der Waals surface area contributed by atoms with Crippen LogP contribution in [0.1, 0.15) is 40.7 Å². The van der Waals surface area contributed by atoms with E-state index in [0.717, 1.165) is 12.8 Å². The van der Waals surface area contributed by atoms with Crippen LogP contribution in [0.15, 0.2) is 10.4 Å². The Morgan fingerprint density at radius 3 is 2.55 bits per heavy atom. The molecular weight excluding hydrogens is 328 g/mol. The number of aliphatic imine (C=N–C) groups is 1. The van der Waals surface area contributed by atoms with E-state index in [4.69, 9.17) is 17.2 Å². The van der Waals surface area contributed by atoms with E-state index in [2.05, 4.69) is 15.3 Å². The van der Waals surface area contributed by atoms with Crippen molar-refractivity contribution >= 4 is 41.5 Å². The third-order valence-corrected chi connectivity index (χ3v) is 3.79. The lowest BCUT2D eigenvalue weighted by atomic mass is 10.0. The number of thiazole rings is 1. The van der Waals surface area contributed by atoms with Crippen LogP contribution in [-0.4, -0.2) is 36.4 Å². The van der Waals surface area contributed by atoms with E-state index in [-0.39, 0.29) is 30.0 Å². The third kappa shape index (κ3) is 6.27. The van der Waals surface area contributed by atoms with Crippen LogP contribution in [0.2, 0.25) is 0 Å². The average Bonchev–Trinajstić information content (AvgIpc) is 2.91. The molecule has 1 aromatic rings. The molecule has 8 nitrogen and oxygen atoms in total. The predicted octanol–water partition coefficient (Wildman–Crippen LogP) is -0.0629. The Morgan fingerprint density at radius 2 is 2.05 bits per heavy atom. The standard InChI is InChI=1S/C12H20N6O2S.ClH/c1-16-10(20)7(4-2-3-5-17-12(14)15)11-18-8(6-21-11)9(13)19;/h6-7H,2-5H2,1H3,(H2,13,19)(H,16,20)(H4,14,15,17);1H/t7-;/m0./s1. The monoisotopic (exact) mass is 348 g/mol. The average molecular weight is 349 g/mol. The number of nitrogens with one attached hydrogen (secondary N) is 1. The molecule has 0 aliphatic heterocycles. The van der Waals surface area contributed by atoms with Crippen molar-refractivity contribution in [1.29, 1.82) is 0 Å². The summed E-state index contributed by atoms with van der Waals surface area (Å²) in [5, 5.41) is 4.76. The Balaban J connectivity index is 0.00000441. The first-order valence-electron chi connectivity index (χ1n) is 6.48. The summed E-state index contributed by atoms with van der Waals surface area (Å²) in [5.41, 5.74) is 15.8. The Hall–Kier alpha value is -1.87. The molecule has 1 atom stereocenters. The molecular formula is C12H21ClN6O2S. The number of unbranched alkanes of at least 4 members (excludes halogenated alkanes) is 1. The number of guanidine groups is 1. The molecule has 0 aromatic carbocycles. The van der Waals surface area contributed by atoms with Gasteiger partial charge < -0.3 is 22.5 Å². The molecule has 10 heteroatoms. The van der Waals surface area contributed by atoms with Gasteiger partial charge in [0.2, 0.25) is 5.91 Å². The van der Waals surface area contributed by atoms with Gasteiger partial charge in [-0.15, -0.1) is 23.7 Å². The predicted molar refractivity (Wildman–Crippen MR) is 89.2 cm³/mol. The number of hydrogen-bond donors (Lipinski definition) is 4. The highest BCUT2D eigenvalue weighted by molar-refractivity contribution is 7.10. The van der Waals surface area contributed by atoms with Crippen LogP contribution in [0.4, 0.5) is 0 Å². The molecule has 0 fully saturated rings. The number of nitrogens with zero attached hydrogens (tertiary/aromatic N) is 2. The van der Waals surface area contributed by atoms with Crippen LogP contribution in [0.25, 0.3) is 0 Å². The van der Waals surface area contributed by atoms with Crippen molar-refractivity contribution in [2.24, 2.45) is 22.2 Å². The van der Waals surface area contributed by atoms with Crippen LogP contribution in [0, 0.1) is 0 Å². The Morgan fingerprint density at radius 1 is 1.36 bits per heavy atom. The minimum Gasteiger partial charge on any atom is -0.370 e. The van der Waals surface area contributed by atoms with Crippen LogP contribution in [-0.2, 0) is 4.79 Å². The number of aromatic nitrogens is 1. The second kappa shape index (κ2) is 9.96. The zero-order chi connectivity index (χ0) is 15.8. The van der Waals surface area contributed by atoms with E-state index < -0.39 is 11.8 Å². The summed E-state index contributed by atoms with van der Waals surface area (Å²) >= 11 is 1.26. The number of primary amides is 1. The number of carbonyl (C=O) groups is 2. The van der Waals surface area contributed by atoms with Crippen molar-refractivity contribution in [3.05, 3.63) is 16.1 Å². The molecule has 2 amide bonds. The third-order valence-electron chi connectivity index (χ3n) is 2.83. The molecule has 124 valence electrons. The largest absolute Gasteiger partial charge is 0.370 e. The first-order valence-corrected chi connectivity index (χ1v) is 7.36. The van der Waals surface area contributed by atoms with Gasteiger partial charge in [0.25, 0.3) is 5.91 Å². The van der Waals surface area contributed by atoms with E-state index in [1.54, 1.807) is 12.4 Å². The molecule has 0 spiro atoms. The van der Waals surface area contributed by atoms with Gasteiger partial charge in [-0.25, -0.2) is 4.98 Å². The normalized spacial score (nSPS) is 11.1. The molecule has 0 aliphatic rings. The van der Waals surface area contributed by atoms with Gasteiger partial charge in [0.1, 0.15) is 10.7 Å². The van der Waals surface area contributed by atoms with E-state index in [1.807, 2.05) is 0 Å². The summed E-state index contributed by atoms with van der Waals surface area (Å²) in [7, 11) is 1.57. The SMILES string of the molecule is CNC(=O)[C@H](CCCCN=C(N)N)c1nc(C(N)=O)cs1.Cl. The van der Waals surface area contributed by atoms with Crippen molar-refractivity contribution in [2.75, 3.05) is 13.6 Å². The van der Waals surface area contributed by atoms with Gasteiger partial charge in [-0.2, -0.15) is 0 Å². The number of hydrogen-bond acceptors (Lipinski definition) is 5. The molecule has 0 saturated carbocycles. The van der Waals surface area contributed by atoms with Gasteiger partial charge in [-0.1, -0.05) is 6.42 Å². The van der Waals surface area contributed by atoms with Gasteiger partial charge in [0.05, 0.1) is 5.92 Å². The number of rotatable bonds is 8. The maximum absolute atomic E-state index is 11.9. The molecule has 1 rings (SSSR count). The minimum absolute atomic E-state index is 0. The lowest BCUT2D eigenvalue weighted by molar-refractivity contribution is -0.122. The van der Waals surface area contributed by atoms with E-state index in [0.29, 0.717) is 18.0 Å². The van der Waals surface area contributed by atoms with Crippen molar-refractivity contribution in [2.45, 2.75) is 25.2 Å². The second-order valence-corrected chi connectivity index (χ2v) is 5.29. The highest BCUT2D eigenvalue weighted by Crippen LogP contribution is 2.25. The molecule has 0 unspecified atom stereocenters. The maximum atomic E-state index is 11.9. The summed E-state index contributed by atoms with van der Waals surface area (Å²) in [4.78, 5) is 31.0. The zero-order valence-corrected chi connectivity index (χ0v) is 13.9. The molecule has 0 aliphatic carbocycles. The Labute approximate surface area is 139 Å². The fraction of sp³-hybridized carbons (Fsp3) is 0.500. The molecule has 7 N–H and O–H groups in total. The lowest BCUT2D eigenvalue weighted by Crippen LogP contribution is -2.26. The molecule has 0 radical (unpaired) electrons. The summed E-state index contributed by atoms with van der Waals surface area (Å²) in [6, 6.07) is 0. The van der Waals surface area contributed by atoms with E-state index >= 15 is 0 Å². The molecule has 22 heavy (non-hydrogen) atoms. The number of likely N-dealkylation sites (N-methyl/N-ethyl adjacent to an activating group) is 1. The number of nitrogens with two attached hydrogens (primary N) is 3. The summed E-state index contributed by atoms with van der Waals surface area (Å²) in [5.74, 6) is -1.07. The highest BCUT2D eigenvalue weighted by atomic mass is 35.5. The molecule has 1 heterocycles. The number of carbonyl (C=O) groups excluding carboxylic acids is 2. The smallest absolute Gasteiger partial charge is 0.268 e. The van der Waals surface area contributed by atoms with Crippen LogP contribution in [0.5, 0.6) is 0 Å². The van der Waals surface area contributed by atoms with Gasteiger partial charge in [-0.05, 0) is 12.8 Å². The van der Waals surface area contributed by atoms with Crippen LogP contribution >= 0.6 is 23.7 Å². The van der Waals surface area contributed by atoms with Gasteiger partial charge in [0.15, 0.2) is 5.96 Å². The fourth-order valence-electron chi connectivity index (χ4n) is 1.77. The number of halogens is 1. The van der Waals surface area contributed by atoms with Crippen molar-refractivity contribution in [3.63, 3.8) is 0 Å². The topological polar surface area (TPSA) is 149 Å². The molecule has 0 bridgehead atoms. The van der Waals surface area contributed by atoms with Gasteiger partial charge >= 0.3 is 0 Å². The van der Waals surface area contributed by atoms with E-state index in [9.17, 15) is 9.59 Å². The first-order chi connectivity index (χ1) is 9.95. The van der Waals surface area contributed by atoms with Gasteiger partial charge in [-0.3, -0.25) is 14.6 Å². The minimum atomic E-state index is -0.596.